The van der Waals surface area contributed by atoms with E-state index in [0.29, 0.717) is 12.0 Å². The molecule has 1 atom stereocenters. The molecule has 1 aliphatic rings. The summed E-state index contributed by atoms with van der Waals surface area (Å²) in [7, 11) is 0. The fraction of sp³-hybridized carbons (Fsp3) is 0.400. The van der Waals surface area contributed by atoms with Gasteiger partial charge in [0.1, 0.15) is 5.54 Å². The Kier molecular flexibility index (Phi) is 2.52. The Morgan fingerprint density at radius 2 is 2.40 bits per heavy atom. The summed E-state index contributed by atoms with van der Waals surface area (Å²) in [5, 5.41) is 9.17. The monoisotopic (exact) mass is 270 g/mol. The highest BCUT2D eigenvalue weighted by atomic mass is 79.9. The van der Waals surface area contributed by atoms with Gasteiger partial charge < -0.3 is 10.8 Å². The van der Waals surface area contributed by atoms with Gasteiger partial charge in [-0.3, -0.25) is 4.98 Å². The smallest absolute Gasteiger partial charge is 0.328 e. The van der Waals surface area contributed by atoms with Crippen molar-refractivity contribution in [2.45, 2.75) is 24.8 Å². The van der Waals surface area contributed by atoms with E-state index in [0.717, 1.165) is 23.0 Å². The molecule has 0 saturated heterocycles. The summed E-state index contributed by atoms with van der Waals surface area (Å²) in [5.41, 5.74) is 6.08. The molecular weight excluding hydrogens is 260 g/mol. The Bertz CT molecular complexity index is 422. The van der Waals surface area contributed by atoms with E-state index in [1.165, 1.54) is 0 Å². The molecule has 0 aliphatic heterocycles. The van der Waals surface area contributed by atoms with E-state index in [4.69, 9.17) is 10.8 Å². The summed E-state index contributed by atoms with van der Waals surface area (Å²) in [6.45, 7) is 0. The van der Waals surface area contributed by atoms with Gasteiger partial charge in [-0.25, -0.2) is 4.79 Å². The first-order valence-electron chi connectivity index (χ1n) is 4.71. The van der Waals surface area contributed by atoms with Gasteiger partial charge in [-0.15, -0.1) is 0 Å². The standard InChI is InChI=1S/C10H11BrN2O2/c11-6-4-7-8(13-5-6)2-1-3-10(7,12)9(14)15/h4-5H,1-3,12H2,(H,14,15). The van der Waals surface area contributed by atoms with Crippen LogP contribution in [0.2, 0.25) is 0 Å². The zero-order chi connectivity index (χ0) is 11.1. The van der Waals surface area contributed by atoms with Crippen molar-refractivity contribution in [2.24, 2.45) is 5.73 Å². The number of aromatic nitrogens is 1. The van der Waals surface area contributed by atoms with Gasteiger partial charge in [0.25, 0.3) is 0 Å². The van der Waals surface area contributed by atoms with E-state index in [9.17, 15) is 4.79 Å². The summed E-state index contributed by atoms with van der Waals surface area (Å²) in [4.78, 5) is 15.4. The lowest BCUT2D eigenvalue weighted by molar-refractivity contribution is -0.144. The molecule has 1 unspecified atom stereocenters. The fourth-order valence-corrected chi connectivity index (χ4v) is 2.28. The van der Waals surface area contributed by atoms with Crippen LogP contribution in [0.4, 0.5) is 0 Å². The minimum Gasteiger partial charge on any atom is -0.480 e. The number of carboxylic acid groups (broad SMARTS) is 1. The van der Waals surface area contributed by atoms with E-state index in [1.54, 1.807) is 12.3 Å². The van der Waals surface area contributed by atoms with Crippen molar-refractivity contribution in [3.8, 4) is 0 Å². The molecular formula is C10H11BrN2O2. The number of halogens is 1. The van der Waals surface area contributed by atoms with Gasteiger partial charge >= 0.3 is 5.97 Å². The minimum atomic E-state index is -1.27. The van der Waals surface area contributed by atoms with Gasteiger partial charge in [0, 0.05) is 21.9 Å². The number of rotatable bonds is 1. The molecule has 0 amide bonds. The zero-order valence-corrected chi connectivity index (χ0v) is 9.62. The van der Waals surface area contributed by atoms with Crippen LogP contribution in [0.25, 0.3) is 0 Å². The number of nitrogens with zero attached hydrogens (tertiary/aromatic N) is 1. The van der Waals surface area contributed by atoms with Crippen molar-refractivity contribution in [1.82, 2.24) is 4.98 Å². The zero-order valence-electron chi connectivity index (χ0n) is 8.03. The number of fused-ring (bicyclic) bond motifs is 1. The molecule has 0 fully saturated rings. The number of hydrogen-bond acceptors (Lipinski definition) is 3. The quantitative estimate of drug-likeness (QED) is 0.809. The molecule has 4 nitrogen and oxygen atoms in total. The van der Waals surface area contributed by atoms with Gasteiger partial charge in [0.15, 0.2) is 0 Å². The van der Waals surface area contributed by atoms with Gasteiger partial charge in [-0.2, -0.15) is 0 Å². The number of hydrogen-bond donors (Lipinski definition) is 2. The third-order valence-electron chi connectivity index (χ3n) is 2.78. The summed E-state index contributed by atoms with van der Waals surface area (Å²) < 4.78 is 0.763. The third kappa shape index (κ3) is 1.66. The van der Waals surface area contributed by atoms with Crippen LogP contribution in [0.1, 0.15) is 24.1 Å². The maximum absolute atomic E-state index is 11.2. The maximum Gasteiger partial charge on any atom is 0.328 e. The van der Waals surface area contributed by atoms with Crippen LogP contribution in [0.3, 0.4) is 0 Å². The number of nitrogens with two attached hydrogens (primary N) is 1. The Labute approximate surface area is 95.6 Å². The normalized spacial score (nSPS) is 24.7. The lowest BCUT2D eigenvalue weighted by Gasteiger charge is -2.31. The molecule has 2 rings (SSSR count). The van der Waals surface area contributed by atoms with Gasteiger partial charge in [-0.1, -0.05) is 0 Å². The number of aliphatic carboxylic acids is 1. The van der Waals surface area contributed by atoms with Crippen LogP contribution in [0.15, 0.2) is 16.7 Å². The molecule has 15 heavy (non-hydrogen) atoms. The molecule has 0 spiro atoms. The second-order valence-electron chi connectivity index (χ2n) is 3.78. The molecule has 5 heteroatoms. The van der Waals surface area contributed by atoms with Crippen LogP contribution in [0, 0.1) is 0 Å². The number of carbonyl (C=O) groups is 1. The molecule has 80 valence electrons. The van der Waals surface area contributed by atoms with Crippen molar-refractivity contribution in [1.29, 1.82) is 0 Å². The summed E-state index contributed by atoms with van der Waals surface area (Å²) in [6.07, 6.45) is 3.71. The first-order chi connectivity index (χ1) is 7.04. The predicted octanol–water partition coefficient (Wildman–Crippen LogP) is 1.42. The van der Waals surface area contributed by atoms with E-state index in [2.05, 4.69) is 20.9 Å². The lowest BCUT2D eigenvalue weighted by Crippen LogP contribution is -2.47. The molecule has 1 aromatic heterocycles. The average Bonchev–Trinajstić information content (AvgIpc) is 2.19. The van der Waals surface area contributed by atoms with Crippen molar-refractivity contribution < 1.29 is 9.90 Å². The highest BCUT2D eigenvalue weighted by Gasteiger charge is 2.40. The van der Waals surface area contributed by atoms with Crippen molar-refractivity contribution in [3.63, 3.8) is 0 Å². The fourth-order valence-electron chi connectivity index (χ4n) is 1.94. The summed E-state index contributed by atoms with van der Waals surface area (Å²) >= 11 is 3.28. The molecule has 1 heterocycles. The SMILES string of the molecule is NC1(C(=O)O)CCCc2ncc(Br)cc21. The first kappa shape index (κ1) is 10.6. The Hall–Kier alpha value is -0.940. The maximum atomic E-state index is 11.2. The molecule has 0 saturated carbocycles. The second-order valence-corrected chi connectivity index (χ2v) is 4.69. The number of aryl methyl sites for hydroxylation is 1. The van der Waals surface area contributed by atoms with Gasteiger partial charge in [0.05, 0.1) is 0 Å². The Morgan fingerprint density at radius 1 is 1.67 bits per heavy atom. The largest absolute Gasteiger partial charge is 0.480 e. The Balaban J connectivity index is 2.59. The molecule has 3 N–H and O–H groups in total. The van der Waals surface area contributed by atoms with Crippen LogP contribution >= 0.6 is 15.9 Å². The lowest BCUT2D eigenvalue weighted by atomic mass is 9.79. The van der Waals surface area contributed by atoms with Crippen molar-refractivity contribution in [3.05, 3.63) is 28.0 Å². The predicted molar refractivity (Wildman–Crippen MR) is 58.4 cm³/mol. The summed E-state index contributed by atoms with van der Waals surface area (Å²) in [6, 6.07) is 1.76. The number of carboxylic acids is 1. The summed E-state index contributed by atoms with van der Waals surface area (Å²) in [5.74, 6) is -0.983. The third-order valence-corrected chi connectivity index (χ3v) is 3.22. The first-order valence-corrected chi connectivity index (χ1v) is 5.50. The van der Waals surface area contributed by atoms with E-state index in [1.807, 2.05) is 0 Å². The van der Waals surface area contributed by atoms with E-state index >= 15 is 0 Å². The van der Waals surface area contributed by atoms with Crippen LogP contribution in [-0.4, -0.2) is 16.1 Å². The van der Waals surface area contributed by atoms with E-state index in [-0.39, 0.29) is 0 Å². The van der Waals surface area contributed by atoms with Gasteiger partial charge in [0.2, 0.25) is 0 Å². The molecule has 0 radical (unpaired) electrons. The van der Waals surface area contributed by atoms with Crippen molar-refractivity contribution in [2.75, 3.05) is 0 Å². The minimum absolute atomic E-state index is 0.466. The molecule has 1 aromatic rings. The van der Waals surface area contributed by atoms with Crippen LogP contribution in [-0.2, 0) is 16.8 Å². The van der Waals surface area contributed by atoms with Crippen LogP contribution < -0.4 is 5.73 Å². The van der Waals surface area contributed by atoms with E-state index < -0.39 is 11.5 Å². The van der Waals surface area contributed by atoms with Crippen LogP contribution in [0.5, 0.6) is 0 Å². The molecule has 0 bridgehead atoms. The topological polar surface area (TPSA) is 76.2 Å². The molecule has 1 aliphatic carbocycles. The van der Waals surface area contributed by atoms with Crippen molar-refractivity contribution >= 4 is 21.9 Å². The highest BCUT2D eigenvalue weighted by Crippen LogP contribution is 2.33. The Morgan fingerprint density at radius 3 is 3.07 bits per heavy atom. The van der Waals surface area contributed by atoms with Gasteiger partial charge in [-0.05, 0) is 41.3 Å². The average molecular weight is 271 g/mol. The second kappa shape index (κ2) is 3.57. The number of pyridine rings is 1. The highest BCUT2D eigenvalue weighted by molar-refractivity contribution is 9.10. The molecule has 0 aromatic carbocycles.